The average molecular weight is 252 g/mol. The minimum Gasteiger partial charge on any atom is -0.383 e. The predicted molar refractivity (Wildman–Crippen MR) is 73.6 cm³/mol. The van der Waals surface area contributed by atoms with Crippen LogP contribution in [0.25, 0.3) is 0 Å². The molecule has 0 aliphatic heterocycles. The second-order valence-electron chi connectivity index (χ2n) is 5.18. The summed E-state index contributed by atoms with van der Waals surface area (Å²) >= 11 is 0. The summed E-state index contributed by atoms with van der Waals surface area (Å²) in [7, 11) is 0. The molecule has 0 spiro atoms. The van der Waals surface area contributed by atoms with Gasteiger partial charge in [-0.1, -0.05) is 29.8 Å². The summed E-state index contributed by atoms with van der Waals surface area (Å²) < 4.78 is 1.75. The fraction of sp³-hybridized carbons (Fsp3) is 0.333. The summed E-state index contributed by atoms with van der Waals surface area (Å²) in [5.41, 5.74) is 9.86. The van der Waals surface area contributed by atoms with Crippen LogP contribution in [-0.4, -0.2) is 9.78 Å². The Labute approximate surface area is 112 Å². The molecule has 0 atom stereocenters. The van der Waals surface area contributed by atoms with Gasteiger partial charge in [-0.15, -0.1) is 0 Å². The van der Waals surface area contributed by atoms with Crippen LogP contribution in [-0.2, 0) is 6.54 Å². The maximum absolute atomic E-state index is 9.22. The number of hydrogen-bond acceptors (Lipinski definition) is 3. The number of nitrogens with zero attached hydrogens (tertiary/aromatic N) is 3. The molecule has 0 radical (unpaired) electrons. The van der Waals surface area contributed by atoms with Crippen molar-refractivity contribution in [2.45, 2.75) is 32.2 Å². The largest absolute Gasteiger partial charge is 0.383 e. The summed E-state index contributed by atoms with van der Waals surface area (Å²) in [4.78, 5) is 0. The molecule has 2 aromatic rings. The van der Waals surface area contributed by atoms with E-state index in [1.165, 1.54) is 5.56 Å². The maximum atomic E-state index is 9.22. The molecule has 1 heterocycles. The average Bonchev–Trinajstić information content (AvgIpc) is 3.17. The van der Waals surface area contributed by atoms with Gasteiger partial charge in [0.2, 0.25) is 0 Å². The van der Waals surface area contributed by atoms with Gasteiger partial charge in [-0.2, -0.15) is 10.4 Å². The van der Waals surface area contributed by atoms with Crippen LogP contribution in [0.5, 0.6) is 0 Å². The van der Waals surface area contributed by atoms with Gasteiger partial charge in [0, 0.05) is 5.92 Å². The van der Waals surface area contributed by atoms with E-state index in [4.69, 9.17) is 5.73 Å². The molecule has 0 unspecified atom stereocenters. The fourth-order valence-corrected chi connectivity index (χ4v) is 2.36. The summed E-state index contributed by atoms with van der Waals surface area (Å²) in [6.07, 6.45) is 2.24. The van der Waals surface area contributed by atoms with Crippen molar-refractivity contribution in [3.8, 4) is 6.07 Å². The quantitative estimate of drug-likeness (QED) is 0.912. The van der Waals surface area contributed by atoms with Crippen LogP contribution in [0.3, 0.4) is 0 Å². The predicted octanol–water partition coefficient (Wildman–Crippen LogP) is 2.57. The standard InChI is InChI=1S/C15H16N4/c1-10-3-2-4-11(7-10)9-19-15(17)13(8-16)14(18-19)12-5-6-12/h2-4,7,12H,5-6,9,17H2,1H3. The molecule has 4 heteroatoms. The number of nitrogens with two attached hydrogens (primary N) is 1. The highest BCUT2D eigenvalue weighted by molar-refractivity contribution is 5.54. The zero-order chi connectivity index (χ0) is 13.4. The van der Waals surface area contributed by atoms with Crippen molar-refractivity contribution in [2.24, 2.45) is 0 Å². The van der Waals surface area contributed by atoms with E-state index in [-0.39, 0.29) is 0 Å². The molecule has 1 aromatic heterocycles. The summed E-state index contributed by atoms with van der Waals surface area (Å²) in [5, 5.41) is 13.8. The van der Waals surface area contributed by atoms with Gasteiger partial charge in [-0.3, -0.25) is 0 Å². The molecule has 1 aliphatic carbocycles. The van der Waals surface area contributed by atoms with Crippen LogP contribution >= 0.6 is 0 Å². The first-order valence-corrected chi connectivity index (χ1v) is 6.51. The molecule has 0 saturated heterocycles. The molecule has 19 heavy (non-hydrogen) atoms. The molecule has 3 rings (SSSR count). The van der Waals surface area contributed by atoms with E-state index in [9.17, 15) is 5.26 Å². The molecule has 1 aliphatic rings. The Hall–Kier alpha value is -2.28. The van der Waals surface area contributed by atoms with E-state index in [1.54, 1.807) is 4.68 Å². The minimum absolute atomic E-state index is 0.440. The Morgan fingerprint density at radius 2 is 2.26 bits per heavy atom. The van der Waals surface area contributed by atoms with Gasteiger partial charge >= 0.3 is 0 Å². The summed E-state index contributed by atoms with van der Waals surface area (Å²) in [6, 6.07) is 10.4. The Kier molecular flexibility index (Phi) is 2.75. The number of nitriles is 1. The zero-order valence-corrected chi connectivity index (χ0v) is 10.9. The minimum atomic E-state index is 0.440. The van der Waals surface area contributed by atoms with E-state index in [1.807, 2.05) is 6.07 Å². The van der Waals surface area contributed by atoms with Crippen LogP contribution in [0.1, 0.15) is 41.1 Å². The number of aromatic nitrogens is 2. The second-order valence-corrected chi connectivity index (χ2v) is 5.18. The van der Waals surface area contributed by atoms with Gasteiger partial charge in [0.1, 0.15) is 17.5 Å². The van der Waals surface area contributed by atoms with Gasteiger partial charge in [-0.25, -0.2) is 4.68 Å². The molecular weight excluding hydrogens is 236 g/mol. The van der Waals surface area contributed by atoms with E-state index in [2.05, 4.69) is 36.3 Å². The zero-order valence-electron chi connectivity index (χ0n) is 10.9. The lowest BCUT2D eigenvalue weighted by Gasteiger charge is -2.05. The lowest BCUT2D eigenvalue weighted by Crippen LogP contribution is -2.06. The van der Waals surface area contributed by atoms with Crippen LogP contribution < -0.4 is 5.73 Å². The molecular formula is C15H16N4. The monoisotopic (exact) mass is 252 g/mol. The van der Waals surface area contributed by atoms with Gasteiger partial charge in [-0.05, 0) is 25.3 Å². The molecule has 96 valence electrons. The van der Waals surface area contributed by atoms with Crippen molar-refractivity contribution in [1.82, 2.24) is 9.78 Å². The molecule has 1 aromatic carbocycles. The van der Waals surface area contributed by atoms with Crippen LogP contribution in [0.15, 0.2) is 24.3 Å². The number of hydrogen-bond donors (Lipinski definition) is 1. The third kappa shape index (κ3) is 2.19. The van der Waals surface area contributed by atoms with E-state index in [0.29, 0.717) is 23.8 Å². The lowest BCUT2D eigenvalue weighted by molar-refractivity contribution is 0.681. The first-order chi connectivity index (χ1) is 9.19. The van der Waals surface area contributed by atoms with Gasteiger partial charge < -0.3 is 5.73 Å². The molecule has 1 fully saturated rings. The van der Waals surface area contributed by atoms with Crippen LogP contribution in [0.2, 0.25) is 0 Å². The molecule has 2 N–H and O–H groups in total. The Bertz CT molecular complexity index is 659. The van der Waals surface area contributed by atoms with Crippen molar-refractivity contribution in [1.29, 1.82) is 5.26 Å². The number of aryl methyl sites for hydroxylation is 1. The Morgan fingerprint density at radius 3 is 2.89 bits per heavy atom. The highest BCUT2D eigenvalue weighted by Crippen LogP contribution is 2.42. The van der Waals surface area contributed by atoms with E-state index < -0.39 is 0 Å². The van der Waals surface area contributed by atoms with Gasteiger partial charge in [0.25, 0.3) is 0 Å². The van der Waals surface area contributed by atoms with Crippen molar-refractivity contribution >= 4 is 5.82 Å². The summed E-state index contributed by atoms with van der Waals surface area (Å²) in [6.45, 7) is 2.68. The van der Waals surface area contributed by atoms with Crippen LogP contribution in [0, 0.1) is 18.3 Å². The van der Waals surface area contributed by atoms with Crippen molar-refractivity contribution < 1.29 is 0 Å². The highest BCUT2D eigenvalue weighted by atomic mass is 15.3. The number of rotatable bonds is 3. The first kappa shape index (κ1) is 11.8. The normalized spacial score (nSPS) is 14.3. The summed E-state index contributed by atoms with van der Waals surface area (Å²) in [5.74, 6) is 0.932. The smallest absolute Gasteiger partial charge is 0.140 e. The second kappa shape index (κ2) is 4.43. The molecule has 1 saturated carbocycles. The lowest BCUT2D eigenvalue weighted by atomic mass is 10.1. The maximum Gasteiger partial charge on any atom is 0.140 e. The highest BCUT2D eigenvalue weighted by Gasteiger charge is 2.31. The van der Waals surface area contributed by atoms with Crippen LogP contribution in [0.4, 0.5) is 5.82 Å². The van der Waals surface area contributed by atoms with Crippen molar-refractivity contribution in [3.63, 3.8) is 0 Å². The number of anilines is 1. The molecule has 4 nitrogen and oxygen atoms in total. The van der Waals surface area contributed by atoms with Crippen molar-refractivity contribution in [3.05, 3.63) is 46.6 Å². The first-order valence-electron chi connectivity index (χ1n) is 6.51. The van der Waals surface area contributed by atoms with Crippen molar-refractivity contribution in [2.75, 3.05) is 5.73 Å². The van der Waals surface area contributed by atoms with E-state index >= 15 is 0 Å². The third-order valence-electron chi connectivity index (χ3n) is 3.51. The number of benzene rings is 1. The topological polar surface area (TPSA) is 67.6 Å². The number of nitrogen functional groups attached to an aromatic ring is 1. The molecule has 0 amide bonds. The SMILES string of the molecule is Cc1cccc(Cn2nc(C3CC3)c(C#N)c2N)c1. The van der Waals surface area contributed by atoms with E-state index in [0.717, 1.165) is 24.1 Å². The third-order valence-corrected chi connectivity index (χ3v) is 3.51. The van der Waals surface area contributed by atoms with Gasteiger partial charge in [0.05, 0.1) is 12.2 Å². The fourth-order valence-electron chi connectivity index (χ4n) is 2.36. The Morgan fingerprint density at radius 1 is 1.47 bits per heavy atom. The molecule has 0 bridgehead atoms. The van der Waals surface area contributed by atoms with Gasteiger partial charge in [0.15, 0.2) is 0 Å². The Balaban J connectivity index is 1.95.